The molecule has 0 aliphatic rings. The van der Waals surface area contributed by atoms with Gasteiger partial charge in [0.15, 0.2) is 11.5 Å². The molecule has 0 spiro atoms. The SMILES string of the molecule is COc1cc(CN[C@@H](C(=O)O)[C@H](O)[C@H](Cc2ccccc2)NCC(NC(=O)Cc2cccc3ccccc23)C(C)(C)C)cc(OC)c1OC. The first kappa shape index (κ1) is 37.2. The summed E-state index contributed by atoms with van der Waals surface area (Å²) in [7, 11) is 4.53. The number of nitrogens with one attached hydrogen (secondary N) is 3. The normalized spacial score (nSPS) is 14.0. The Morgan fingerprint density at radius 1 is 0.796 bits per heavy atom. The van der Waals surface area contributed by atoms with Crippen LogP contribution in [-0.4, -0.2) is 74.2 Å². The lowest BCUT2D eigenvalue weighted by molar-refractivity contribution is -0.143. The van der Waals surface area contributed by atoms with E-state index < -0.39 is 24.2 Å². The average molecular weight is 672 g/mol. The summed E-state index contributed by atoms with van der Waals surface area (Å²) < 4.78 is 16.3. The van der Waals surface area contributed by atoms with Gasteiger partial charge >= 0.3 is 5.97 Å². The fourth-order valence-corrected chi connectivity index (χ4v) is 5.94. The second-order valence-electron chi connectivity index (χ2n) is 13.2. The molecule has 4 rings (SSSR count). The molecule has 0 aromatic heterocycles. The third-order valence-electron chi connectivity index (χ3n) is 8.76. The van der Waals surface area contributed by atoms with Crippen molar-refractivity contribution in [1.82, 2.24) is 16.0 Å². The van der Waals surface area contributed by atoms with Gasteiger partial charge in [0.25, 0.3) is 0 Å². The quantitative estimate of drug-likeness (QED) is 0.108. The number of amides is 1. The number of methoxy groups -OCH3 is 3. The average Bonchev–Trinajstić information content (AvgIpc) is 3.08. The molecule has 4 aromatic carbocycles. The first-order chi connectivity index (χ1) is 23.4. The molecule has 0 saturated carbocycles. The largest absolute Gasteiger partial charge is 0.493 e. The van der Waals surface area contributed by atoms with Crippen LogP contribution in [0.15, 0.2) is 84.9 Å². The van der Waals surface area contributed by atoms with Gasteiger partial charge in [-0.2, -0.15) is 0 Å². The first-order valence-electron chi connectivity index (χ1n) is 16.4. The number of benzene rings is 4. The maximum Gasteiger partial charge on any atom is 0.323 e. The molecule has 0 bridgehead atoms. The van der Waals surface area contributed by atoms with Crippen molar-refractivity contribution in [3.05, 3.63) is 102 Å². The Morgan fingerprint density at radius 2 is 1.43 bits per heavy atom. The zero-order chi connectivity index (χ0) is 35.6. The van der Waals surface area contributed by atoms with Crippen LogP contribution in [0.4, 0.5) is 0 Å². The van der Waals surface area contributed by atoms with Crippen LogP contribution in [0.2, 0.25) is 0 Å². The van der Waals surface area contributed by atoms with Gasteiger partial charge in [0.2, 0.25) is 11.7 Å². The van der Waals surface area contributed by atoms with Gasteiger partial charge in [-0.05, 0) is 51.4 Å². The van der Waals surface area contributed by atoms with Gasteiger partial charge in [-0.1, -0.05) is 93.6 Å². The number of carboxylic acid groups (broad SMARTS) is 1. The van der Waals surface area contributed by atoms with Gasteiger partial charge in [0.05, 0.1) is 33.9 Å². The van der Waals surface area contributed by atoms with Crippen LogP contribution in [0, 0.1) is 5.41 Å². The fraction of sp³-hybridized carbons (Fsp3) is 0.385. The van der Waals surface area contributed by atoms with Gasteiger partial charge in [0, 0.05) is 25.2 Å². The number of aliphatic carboxylic acids is 1. The summed E-state index contributed by atoms with van der Waals surface area (Å²) in [6.07, 6.45) is -0.763. The van der Waals surface area contributed by atoms with Gasteiger partial charge in [-0.25, -0.2) is 0 Å². The monoisotopic (exact) mass is 671 g/mol. The lowest BCUT2D eigenvalue weighted by Gasteiger charge is -2.35. The number of rotatable bonds is 17. The van der Waals surface area contributed by atoms with Gasteiger partial charge in [0.1, 0.15) is 6.04 Å². The van der Waals surface area contributed by atoms with Crippen molar-refractivity contribution < 1.29 is 34.0 Å². The number of carbonyl (C=O) groups is 2. The van der Waals surface area contributed by atoms with Crippen LogP contribution >= 0.6 is 0 Å². The van der Waals surface area contributed by atoms with E-state index in [1.165, 1.54) is 21.3 Å². The molecule has 1 unspecified atom stereocenters. The predicted octanol–water partition coefficient (Wildman–Crippen LogP) is 4.74. The molecule has 10 heteroatoms. The Labute approximate surface area is 288 Å². The lowest BCUT2D eigenvalue weighted by Crippen LogP contribution is -2.59. The number of hydrogen-bond acceptors (Lipinski definition) is 8. The van der Waals surface area contributed by atoms with Crippen molar-refractivity contribution in [2.24, 2.45) is 5.41 Å². The Kier molecular flexibility index (Phi) is 13.0. The predicted molar refractivity (Wildman–Crippen MR) is 191 cm³/mol. The van der Waals surface area contributed by atoms with Crippen LogP contribution in [0.3, 0.4) is 0 Å². The number of hydrogen-bond donors (Lipinski definition) is 5. The molecule has 4 aromatic rings. The molecule has 49 heavy (non-hydrogen) atoms. The fourth-order valence-electron chi connectivity index (χ4n) is 5.94. The van der Waals surface area contributed by atoms with E-state index in [9.17, 15) is 19.8 Å². The van der Waals surface area contributed by atoms with E-state index in [1.807, 2.05) is 93.6 Å². The summed E-state index contributed by atoms with van der Waals surface area (Å²) in [5.74, 6) is -0.0200. The van der Waals surface area contributed by atoms with E-state index in [2.05, 4.69) is 16.0 Å². The summed E-state index contributed by atoms with van der Waals surface area (Å²) >= 11 is 0. The second-order valence-corrected chi connectivity index (χ2v) is 13.2. The topological polar surface area (TPSA) is 138 Å². The van der Waals surface area contributed by atoms with Gasteiger partial charge in [-0.15, -0.1) is 0 Å². The Morgan fingerprint density at radius 3 is 2.04 bits per heavy atom. The highest BCUT2D eigenvalue weighted by atomic mass is 16.5. The number of aliphatic hydroxyl groups excluding tert-OH is 1. The number of ether oxygens (including phenoxy) is 3. The maximum absolute atomic E-state index is 13.4. The van der Waals surface area contributed by atoms with Crippen molar-refractivity contribution in [2.75, 3.05) is 27.9 Å². The molecule has 1 amide bonds. The molecule has 10 nitrogen and oxygen atoms in total. The van der Waals surface area contributed by atoms with Crippen LogP contribution in [0.5, 0.6) is 17.2 Å². The van der Waals surface area contributed by atoms with Crippen LogP contribution in [0.1, 0.15) is 37.5 Å². The van der Waals surface area contributed by atoms with E-state index in [1.54, 1.807) is 12.1 Å². The number of carboxylic acids is 1. The van der Waals surface area contributed by atoms with Crippen LogP contribution in [0.25, 0.3) is 10.8 Å². The van der Waals surface area contributed by atoms with Crippen molar-refractivity contribution in [3.8, 4) is 17.2 Å². The summed E-state index contributed by atoms with van der Waals surface area (Å²) in [5, 5.41) is 33.8. The molecular weight excluding hydrogens is 622 g/mol. The standard InChI is InChI=1S/C39H49N3O7/c1-39(2,3)33(42-34(43)22-28-17-12-16-27-15-10-11-18-29(27)28)24-40-30(19-25-13-8-7-9-14-25)36(44)35(38(45)46)41-23-26-20-31(47-4)37(49-6)32(21-26)48-5/h7-18,20-21,30,33,35-36,40-41,44H,19,22-24H2,1-6H3,(H,42,43)(H,45,46)/t30-,33?,35+,36+/m0/s1. The molecule has 262 valence electrons. The van der Waals surface area contributed by atoms with Crippen molar-refractivity contribution >= 4 is 22.6 Å². The number of carbonyl (C=O) groups excluding carboxylic acids is 1. The molecular formula is C39H49N3O7. The Bertz CT molecular complexity index is 1660. The van der Waals surface area contributed by atoms with E-state index in [4.69, 9.17) is 14.2 Å². The number of aliphatic hydroxyl groups is 1. The highest BCUT2D eigenvalue weighted by molar-refractivity contribution is 5.90. The third kappa shape index (κ3) is 9.95. The Hall–Kier alpha value is -4.64. The highest BCUT2D eigenvalue weighted by Crippen LogP contribution is 2.38. The van der Waals surface area contributed by atoms with Crippen molar-refractivity contribution in [2.45, 2.75) is 64.4 Å². The summed E-state index contributed by atoms with van der Waals surface area (Å²) in [6, 6.07) is 24.7. The van der Waals surface area contributed by atoms with E-state index in [-0.39, 0.29) is 30.3 Å². The second kappa shape index (κ2) is 17.1. The molecule has 0 aliphatic heterocycles. The van der Waals surface area contributed by atoms with Crippen LogP contribution < -0.4 is 30.2 Å². The van der Waals surface area contributed by atoms with Crippen molar-refractivity contribution in [3.63, 3.8) is 0 Å². The minimum absolute atomic E-state index is 0.109. The molecule has 5 N–H and O–H groups in total. The minimum atomic E-state index is -1.34. The maximum atomic E-state index is 13.4. The molecule has 4 atom stereocenters. The third-order valence-corrected chi connectivity index (χ3v) is 8.76. The summed E-state index contributed by atoms with van der Waals surface area (Å²) in [6.45, 7) is 6.54. The zero-order valence-corrected chi connectivity index (χ0v) is 29.2. The molecule has 0 heterocycles. The molecule has 0 aliphatic carbocycles. The lowest BCUT2D eigenvalue weighted by atomic mass is 9.85. The zero-order valence-electron chi connectivity index (χ0n) is 29.2. The summed E-state index contributed by atoms with van der Waals surface area (Å²) in [4.78, 5) is 26.0. The molecule has 0 fully saturated rings. The number of fused-ring (bicyclic) bond motifs is 1. The van der Waals surface area contributed by atoms with Crippen molar-refractivity contribution in [1.29, 1.82) is 0 Å². The van der Waals surface area contributed by atoms with Gasteiger partial charge in [-0.3, -0.25) is 14.9 Å². The van der Waals surface area contributed by atoms with E-state index in [0.29, 0.717) is 35.8 Å². The Balaban J connectivity index is 1.52. The smallest absolute Gasteiger partial charge is 0.323 e. The van der Waals surface area contributed by atoms with E-state index in [0.717, 1.165) is 21.9 Å². The minimum Gasteiger partial charge on any atom is -0.493 e. The first-order valence-corrected chi connectivity index (χ1v) is 16.4. The van der Waals surface area contributed by atoms with Gasteiger partial charge < -0.3 is 35.1 Å². The van der Waals surface area contributed by atoms with Crippen LogP contribution in [-0.2, 0) is 29.0 Å². The highest BCUT2D eigenvalue weighted by Gasteiger charge is 2.35. The van der Waals surface area contributed by atoms with E-state index >= 15 is 0 Å². The molecule has 0 saturated heterocycles. The molecule has 0 radical (unpaired) electrons. The summed E-state index contributed by atoms with van der Waals surface area (Å²) in [5.41, 5.74) is 2.21.